The molecule has 1 heterocycles. The summed E-state index contributed by atoms with van der Waals surface area (Å²) in [6.07, 6.45) is 0. The Hall–Kier alpha value is -4.17. The van der Waals surface area contributed by atoms with Crippen LogP contribution >= 0.6 is 0 Å². The van der Waals surface area contributed by atoms with Gasteiger partial charge < -0.3 is 20.0 Å². The Morgan fingerprint density at radius 2 is 1.65 bits per heavy atom. The normalized spacial score (nSPS) is 12.0. The highest BCUT2D eigenvalue weighted by atomic mass is 16.4. The van der Waals surface area contributed by atoms with Crippen molar-refractivity contribution in [3.8, 4) is 0 Å². The zero-order valence-electron chi connectivity index (χ0n) is 19.0. The topological polar surface area (TPSA) is 96.6 Å². The Bertz CT molecular complexity index is 1340. The molecular formula is C26H26N4O4. The maximum atomic E-state index is 13.3. The summed E-state index contributed by atoms with van der Waals surface area (Å²) in [5, 5.41) is 5.69. The van der Waals surface area contributed by atoms with Crippen molar-refractivity contribution in [2.24, 2.45) is 0 Å². The van der Waals surface area contributed by atoms with Gasteiger partial charge >= 0.3 is 5.76 Å². The van der Waals surface area contributed by atoms with Gasteiger partial charge in [-0.2, -0.15) is 0 Å². The number of nitrogens with zero attached hydrogens (tertiary/aromatic N) is 2. The molecular weight excluding hydrogens is 432 g/mol. The quantitative estimate of drug-likeness (QED) is 0.423. The minimum absolute atomic E-state index is 0.354. The van der Waals surface area contributed by atoms with Crippen LogP contribution in [-0.4, -0.2) is 41.9 Å². The van der Waals surface area contributed by atoms with Crippen LogP contribution in [0.2, 0.25) is 0 Å². The van der Waals surface area contributed by atoms with Crippen molar-refractivity contribution >= 4 is 28.6 Å². The highest BCUT2D eigenvalue weighted by Crippen LogP contribution is 2.21. The predicted molar refractivity (Wildman–Crippen MR) is 131 cm³/mol. The van der Waals surface area contributed by atoms with Gasteiger partial charge in [-0.05, 0) is 50.0 Å². The molecule has 34 heavy (non-hydrogen) atoms. The first kappa shape index (κ1) is 23.0. The maximum Gasteiger partial charge on any atom is 0.419 e. The maximum absolute atomic E-state index is 13.3. The third-order valence-electron chi connectivity index (χ3n) is 5.41. The molecule has 0 bridgehead atoms. The van der Waals surface area contributed by atoms with E-state index in [1.807, 2.05) is 43.3 Å². The summed E-state index contributed by atoms with van der Waals surface area (Å²) in [5.41, 5.74) is 2.64. The number of carbonyl (C=O) groups excluding carboxylic acids is 2. The van der Waals surface area contributed by atoms with Gasteiger partial charge in [0.05, 0.1) is 5.52 Å². The average Bonchev–Trinajstić information content (AvgIpc) is 3.16. The first-order valence-corrected chi connectivity index (χ1v) is 10.9. The fourth-order valence-corrected chi connectivity index (χ4v) is 3.62. The lowest BCUT2D eigenvalue weighted by atomic mass is 10.1. The first-order chi connectivity index (χ1) is 16.4. The summed E-state index contributed by atoms with van der Waals surface area (Å²) < 4.78 is 6.87. The van der Waals surface area contributed by atoms with Crippen LogP contribution in [0.4, 0.5) is 5.69 Å². The molecule has 0 saturated carbocycles. The highest BCUT2D eigenvalue weighted by molar-refractivity contribution is 6.02. The second kappa shape index (κ2) is 10.2. The van der Waals surface area contributed by atoms with Crippen molar-refractivity contribution in [2.75, 3.05) is 26.0 Å². The molecule has 0 spiro atoms. The van der Waals surface area contributed by atoms with Crippen molar-refractivity contribution < 1.29 is 14.0 Å². The SMILES string of the molecule is CN(C)CCn1c(=O)oc2ccc(NC(=O)C(NC(=O)c3ccccc3)c3ccccc3)cc21. The summed E-state index contributed by atoms with van der Waals surface area (Å²) in [6, 6.07) is 21.9. The molecule has 1 atom stereocenters. The van der Waals surface area contributed by atoms with Crippen molar-refractivity contribution in [1.82, 2.24) is 14.8 Å². The summed E-state index contributed by atoms with van der Waals surface area (Å²) in [4.78, 5) is 40.3. The standard InChI is InChI=1S/C26H26N4O4/c1-29(2)15-16-30-21-17-20(13-14-22(21)34-26(30)33)27-25(32)23(18-9-5-3-6-10-18)28-24(31)19-11-7-4-8-12-19/h3-14,17,23H,15-16H2,1-2H3,(H,27,32)(H,28,31). The largest absolute Gasteiger partial charge is 0.419 e. The smallest absolute Gasteiger partial charge is 0.408 e. The monoisotopic (exact) mass is 458 g/mol. The number of fused-ring (bicyclic) bond motifs is 1. The van der Waals surface area contributed by atoms with Crippen molar-refractivity contribution in [2.45, 2.75) is 12.6 Å². The van der Waals surface area contributed by atoms with Crippen LogP contribution in [0.15, 0.2) is 88.1 Å². The minimum Gasteiger partial charge on any atom is -0.408 e. The third kappa shape index (κ3) is 5.24. The molecule has 0 saturated heterocycles. The van der Waals surface area contributed by atoms with Gasteiger partial charge in [-0.15, -0.1) is 0 Å². The van der Waals surface area contributed by atoms with E-state index in [0.717, 1.165) is 0 Å². The van der Waals surface area contributed by atoms with Gasteiger partial charge in [-0.1, -0.05) is 48.5 Å². The zero-order chi connectivity index (χ0) is 24.1. The molecule has 0 fully saturated rings. The highest BCUT2D eigenvalue weighted by Gasteiger charge is 2.24. The summed E-state index contributed by atoms with van der Waals surface area (Å²) in [5.74, 6) is -1.20. The fourth-order valence-electron chi connectivity index (χ4n) is 3.62. The molecule has 4 rings (SSSR count). The molecule has 174 valence electrons. The van der Waals surface area contributed by atoms with Gasteiger partial charge in [0.15, 0.2) is 5.58 Å². The molecule has 8 nitrogen and oxygen atoms in total. The molecule has 8 heteroatoms. The van der Waals surface area contributed by atoms with Crippen LogP contribution in [0.25, 0.3) is 11.1 Å². The van der Waals surface area contributed by atoms with Crippen LogP contribution in [0.3, 0.4) is 0 Å². The van der Waals surface area contributed by atoms with Crippen LogP contribution in [0, 0.1) is 0 Å². The van der Waals surface area contributed by atoms with E-state index in [0.29, 0.717) is 41.0 Å². The van der Waals surface area contributed by atoms with E-state index in [2.05, 4.69) is 10.6 Å². The molecule has 2 N–H and O–H groups in total. The lowest BCUT2D eigenvalue weighted by Gasteiger charge is -2.19. The summed E-state index contributed by atoms with van der Waals surface area (Å²) >= 11 is 0. The summed E-state index contributed by atoms with van der Waals surface area (Å²) in [6.45, 7) is 1.11. The van der Waals surface area contributed by atoms with E-state index in [9.17, 15) is 14.4 Å². The number of hydrogen-bond donors (Lipinski definition) is 2. The van der Waals surface area contributed by atoms with Gasteiger partial charge in [0.1, 0.15) is 6.04 Å². The fraction of sp³-hybridized carbons (Fsp3) is 0.192. The molecule has 0 aliphatic rings. The molecule has 4 aromatic rings. The van der Waals surface area contributed by atoms with Crippen molar-refractivity contribution in [1.29, 1.82) is 0 Å². The Balaban J connectivity index is 1.60. The molecule has 2 amide bonds. The average molecular weight is 459 g/mol. The van der Waals surface area contributed by atoms with Gasteiger partial charge in [-0.25, -0.2) is 4.79 Å². The van der Waals surface area contributed by atoms with E-state index in [1.54, 1.807) is 54.6 Å². The number of hydrogen-bond acceptors (Lipinski definition) is 5. The Labute approximate surface area is 196 Å². The van der Waals surface area contributed by atoms with Crippen molar-refractivity contribution in [3.63, 3.8) is 0 Å². The van der Waals surface area contributed by atoms with Crippen LogP contribution in [0.5, 0.6) is 0 Å². The first-order valence-electron chi connectivity index (χ1n) is 10.9. The Morgan fingerprint density at radius 1 is 0.971 bits per heavy atom. The summed E-state index contributed by atoms with van der Waals surface area (Å²) in [7, 11) is 3.85. The van der Waals surface area contributed by atoms with E-state index in [4.69, 9.17) is 4.42 Å². The number of oxazole rings is 1. The number of amides is 2. The minimum atomic E-state index is -0.912. The number of anilines is 1. The number of aromatic nitrogens is 1. The molecule has 0 aliphatic heterocycles. The van der Waals surface area contributed by atoms with E-state index >= 15 is 0 Å². The van der Waals surface area contributed by atoms with Gasteiger partial charge in [-0.3, -0.25) is 14.2 Å². The number of likely N-dealkylation sites (N-methyl/N-ethyl adjacent to an activating group) is 1. The number of carbonyl (C=O) groups is 2. The van der Waals surface area contributed by atoms with Crippen LogP contribution in [0.1, 0.15) is 22.0 Å². The van der Waals surface area contributed by atoms with Gasteiger partial charge in [0.2, 0.25) is 0 Å². The van der Waals surface area contributed by atoms with Gasteiger partial charge in [0, 0.05) is 24.3 Å². The van der Waals surface area contributed by atoms with Gasteiger partial charge in [0.25, 0.3) is 11.8 Å². The molecule has 1 aromatic heterocycles. The third-order valence-corrected chi connectivity index (χ3v) is 5.41. The van der Waals surface area contributed by atoms with Crippen molar-refractivity contribution in [3.05, 3.63) is 101 Å². The molecule has 3 aromatic carbocycles. The van der Waals surface area contributed by atoms with E-state index in [1.165, 1.54) is 4.57 Å². The van der Waals surface area contributed by atoms with E-state index < -0.39 is 17.7 Å². The Morgan fingerprint density at radius 3 is 2.32 bits per heavy atom. The second-order valence-electron chi connectivity index (χ2n) is 8.18. The second-order valence-corrected chi connectivity index (χ2v) is 8.18. The number of nitrogens with one attached hydrogen (secondary N) is 2. The molecule has 0 aliphatic carbocycles. The molecule has 0 radical (unpaired) electrons. The van der Waals surface area contributed by atoms with Crippen LogP contribution in [-0.2, 0) is 11.3 Å². The lowest BCUT2D eigenvalue weighted by molar-refractivity contribution is -0.118. The predicted octanol–water partition coefficient (Wildman–Crippen LogP) is 3.27. The Kier molecular flexibility index (Phi) is 6.89. The molecule has 1 unspecified atom stereocenters. The number of rotatable bonds is 8. The van der Waals surface area contributed by atoms with Crippen LogP contribution < -0.4 is 16.4 Å². The van der Waals surface area contributed by atoms with E-state index in [-0.39, 0.29) is 5.91 Å². The lowest BCUT2D eigenvalue weighted by Crippen LogP contribution is -2.37. The number of benzene rings is 3. The zero-order valence-corrected chi connectivity index (χ0v) is 19.0.